The van der Waals surface area contributed by atoms with Gasteiger partial charge in [0.2, 0.25) is 0 Å². The molecule has 0 bridgehead atoms. The molecule has 0 aliphatic heterocycles. The summed E-state index contributed by atoms with van der Waals surface area (Å²) in [4.78, 5) is 0. The third-order valence-electron chi connectivity index (χ3n) is 1.76. The molecule has 1 aromatic carbocycles. The van der Waals surface area contributed by atoms with E-state index in [4.69, 9.17) is 15.7 Å². The summed E-state index contributed by atoms with van der Waals surface area (Å²) in [5.74, 6) is -2.62. The monoisotopic (exact) mass is 230 g/mol. The molecule has 3 N–H and O–H groups in total. The third-order valence-corrected chi connectivity index (χ3v) is 1.76. The molecule has 0 fully saturated rings. The highest BCUT2D eigenvalue weighted by Crippen LogP contribution is 2.24. The van der Waals surface area contributed by atoms with Crippen LogP contribution in [0.4, 0.5) is 8.78 Å². The number of amidine groups is 1. The molecule has 0 saturated carbocycles. The van der Waals surface area contributed by atoms with Crippen LogP contribution in [0.1, 0.15) is 19.4 Å². The summed E-state index contributed by atoms with van der Waals surface area (Å²) >= 11 is 0. The van der Waals surface area contributed by atoms with Gasteiger partial charge in [-0.2, -0.15) is 0 Å². The summed E-state index contributed by atoms with van der Waals surface area (Å²) in [6.07, 6.45) is -0.348. The van der Waals surface area contributed by atoms with Crippen LogP contribution in [0.2, 0.25) is 0 Å². The molecule has 0 saturated heterocycles. The van der Waals surface area contributed by atoms with Gasteiger partial charge in [0.25, 0.3) is 0 Å². The molecule has 16 heavy (non-hydrogen) atoms. The van der Waals surface area contributed by atoms with Crippen molar-refractivity contribution >= 4 is 5.84 Å². The first-order chi connectivity index (χ1) is 7.45. The summed E-state index contributed by atoms with van der Waals surface area (Å²) in [7, 11) is 0. The fourth-order valence-electron chi connectivity index (χ4n) is 1.11. The van der Waals surface area contributed by atoms with Crippen LogP contribution in [0, 0.1) is 11.6 Å². The van der Waals surface area contributed by atoms with E-state index in [1.807, 2.05) is 0 Å². The molecule has 0 aliphatic rings. The van der Waals surface area contributed by atoms with Crippen molar-refractivity contribution in [1.82, 2.24) is 0 Å². The average Bonchev–Trinajstić information content (AvgIpc) is 2.21. The minimum absolute atomic E-state index is 0.0476. The summed E-state index contributed by atoms with van der Waals surface area (Å²) in [6, 6.07) is 1.88. The second-order valence-corrected chi connectivity index (χ2v) is 3.42. The van der Waals surface area contributed by atoms with Gasteiger partial charge in [-0.1, -0.05) is 5.16 Å². The fourth-order valence-corrected chi connectivity index (χ4v) is 1.11. The van der Waals surface area contributed by atoms with Gasteiger partial charge in [-0.15, -0.1) is 0 Å². The molecular formula is C10H12F2N2O2. The lowest BCUT2D eigenvalue weighted by atomic mass is 10.2. The topological polar surface area (TPSA) is 67.8 Å². The van der Waals surface area contributed by atoms with Gasteiger partial charge in [-0.05, 0) is 26.0 Å². The van der Waals surface area contributed by atoms with Gasteiger partial charge in [0.1, 0.15) is 0 Å². The highest BCUT2D eigenvalue weighted by molar-refractivity contribution is 5.97. The SMILES string of the molecule is CC(C)Oc1c(F)cc(C(N)=NO)cc1F. The van der Waals surface area contributed by atoms with Crippen molar-refractivity contribution in [2.75, 3.05) is 0 Å². The number of oxime groups is 1. The Balaban J connectivity index is 3.17. The number of ether oxygens (including phenoxy) is 1. The van der Waals surface area contributed by atoms with E-state index in [0.717, 1.165) is 12.1 Å². The van der Waals surface area contributed by atoms with Gasteiger partial charge in [-0.3, -0.25) is 0 Å². The highest BCUT2D eigenvalue weighted by Gasteiger charge is 2.15. The molecule has 1 rings (SSSR count). The molecule has 6 heteroatoms. The van der Waals surface area contributed by atoms with Crippen LogP contribution in [0.15, 0.2) is 17.3 Å². The lowest BCUT2D eigenvalue weighted by Crippen LogP contribution is -2.15. The Kier molecular flexibility index (Phi) is 3.65. The molecule has 0 atom stereocenters. The largest absolute Gasteiger partial charge is 0.485 e. The first-order valence-electron chi connectivity index (χ1n) is 4.59. The molecule has 0 radical (unpaired) electrons. The van der Waals surface area contributed by atoms with Crippen molar-refractivity contribution < 1.29 is 18.7 Å². The van der Waals surface area contributed by atoms with Crippen molar-refractivity contribution in [3.8, 4) is 5.75 Å². The van der Waals surface area contributed by atoms with Crippen LogP contribution >= 0.6 is 0 Å². The second kappa shape index (κ2) is 4.78. The van der Waals surface area contributed by atoms with Crippen molar-refractivity contribution in [2.45, 2.75) is 20.0 Å². The van der Waals surface area contributed by atoms with E-state index in [2.05, 4.69) is 5.16 Å². The number of hydrogen-bond donors (Lipinski definition) is 2. The maximum atomic E-state index is 13.4. The highest BCUT2D eigenvalue weighted by atomic mass is 19.1. The van der Waals surface area contributed by atoms with Gasteiger partial charge in [-0.25, -0.2) is 8.78 Å². The van der Waals surface area contributed by atoms with Gasteiger partial charge < -0.3 is 15.7 Å². The van der Waals surface area contributed by atoms with E-state index < -0.39 is 17.4 Å². The number of benzene rings is 1. The van der Waals surface area contributed by atoms with Crippen LogP contribution in [-0.2, 0) is 0 Å². The lowest BCUT2D eigenvalue weighted by Gasteiger charge is -2.12. The van der Waals surface area contributed by atoms with Crippen LogP contribution in [0.25, 0.3) is 0 Å². The number of halogens is 2. The van der Waals surface area contributed by atoms with Gasteiger partial charge in [0, 0.05) is 5.56 Å². The first-order valence-corrected chi connectivity index (χ1v) is 4.59. The Labute approximate surface area is 91.3 Å². The van der Waals surface area contributed by atoms with E-state index >= 15 is 0 Å². The zero-order valence-corrected chi connectivity index (χ0v) is 8.87. The first kappa shape index (κ1) is 12.2. The molecule has 0 amide bonds. The van der Waals surface area contributed by atoms with E-state index in [9.17, 15) is 8.78 Å². The Morgan fingerprint density at radius 3 is 2.25 bits per heavy atom. The lowest BCUT2D eigenvalue weighted by molar-refractivity contribution is 0.219. The van der Waals surface area contributed by atoms with Crippen molar-refractivity contribution in [2.24, 2.45) is 10.9 Å². The quantitative estimate of drug-likeness (QED) is 0.360. The second-order valence-electron chi connectivity index (χ2n) is 3.42. The number of nitrogens with two attached hydrogens (primary N) is 1. The smallest absolute Gasteiger partial charge is 0.191 e. The minimum Gasteiger partial charge on any atom is -0.485 e. The van der Waals surface area contributed by atoms with E-state index in [1.54, 1.807) is 13.8 Å². The van der Waals surface area contributed by atoms with Crippen LogP contribution in [0.3, 0.4) is 0 Å². The van der Waals surface area contributed by atoms with Crippen LogP contribution in [0.5, 0.6) is 5.75 Å². The van der Waals surface area contributed by atoms with Crippen molar-refractivity contribution in [1.29, 1.82) is 0 Å². The van der Waals surface area contributed by atoms with E-state index in [0.29, 0.717) is 0 Å². The van der Waals surface area contributed by atoms with Crippen molar-refractivity contribution in [3.63, 3.8) is 0 Å². The Morgan fingerprint density at radius 1 is 1.38 bits per heavy atom. The summed E-state index contributed by atoms with van der Waals surface area (Å²) in [5.41, 5.74) is 5.16. The van der Waals surface area contributed by atoms with Crippen molar-refractivity contribution in [3.05, 3.63) is 29.3 Å². The van der Waals surface area contributed by atoms with Gasteiger partial charge >= 0.3 is 0 Å². The minimum atomic E-state index is -0.893. The number of hydrogen-bond acceptors (Lipinski definition) is 3. The molecule has 1 aromatic rings. The summed E-state index contributed by atoms with van der Waals surface area (Å²) in [5, 5.41) is 11.0. The molecule has 0 heterocycles. The van der Waals surface area contributed by atoms with E-state index in [-0.39, 0.29) is 17.5 Å². The maximum absolute atomic E-state index is 13.4. The molecule has 4 nitrogen and oxygen atoms in total. The number of nitrogens with zero attached hydrogens (tertiary/aromatic N) is 1. The summed E-state index contributed by atoms with van der Waals surface area (Å²) in [6.45, 7) is 3.30. The molecule has 88 valence electrons. The van der Waals surface area contributed by atoms with Gasteiger partial charge in [0.15, 0.2) is 23.2 Å². The van der Waals surface area contributed by atoms with Crippen LogP contribution in [-0.4, -0.2) is 17.1 Å². The molecular weight excluding hydrogens is 218 g/mol. The van der Waals surface area contributed by atoms with Crippen LogP contribution < -0.4 is 10.5 Å². The van der Waals surface area contributed by atoms with Gasteiger partial charge in [0.05, 0.1) is 6.10 Å². The Morgan fingerprint density at radius 2 is 1.88 bits per heavy atom. The fraction of sp³-hybridized carbons (Fsp3) is 0.300. The predicted molar refractivity (Wildman–Crippen MR) is 54.6 cm³/mol. The molecule has 0 aromatic heterocycles. The zero-order chi connectivity index (χ0) is 12.3. The number of rotatable bonds is 3. The third kappa shape index (κ3) is 2.59. The molecule has 0 aliphatic carbocycles. The zero-order valence-electron chi connectivity index (χ0n) is 8.87. The molecule has 0 spiro atoms. The molecule has 0 unspecified atom stereocenters. The Bertz CT molecular complexity index is 396. The predicted octanol–water partition coefficient (Wildman–Crippen LogP) is 1.85. The average molecular weight is 230 g/mol. The standard InChI is InChI=1S/C10H12F2N2O2/c1-5(2)16-9-7(11)3-6(4-8(9)12)10(13)14-15/h3-5,15H,1-2H3,(H2,13,14). The summed E-state index contributed by atoms with van der Waals surface area (Å²) < 4.78 is 31.8. The van der Waals surface area contributed by atoms with E-state index in [1.165, 1.54) is 0 Å². The Hall–Kier alpha value is -1.85. The maximum Gasteiger partial charge on any atom is 0.191 e. The normalized spacial score (nSPS) is 11.9.